The summed E-state index contributed by atoms with van der Waals surface area (Å²) in [5.41, 5.74) is 8.45. The molecule has 0 spiro atoms. The molecule has 3 N–H and O–H groups in total. The molecule has 0 bridgehead atoms. The number of rotatable bonds is 4. The number of likely N-dealkylation sites (tertiary alicyclic amines) is 1. The van der Waals surface area contributed by atoms with Gasteiger partial charge in [-0.15, -0.1) is 0 Å². The Balaban J connectivity index is 2.16. The van der Waals surface area contributed by atoms with E-state index in [1.807, 2.05) is 36.9 Å². The smallest absolute Gasteiger partial charge is 0.244 e. The van der Waals surface area contributed by atoms with Crippen LogP contribution in [0.5, 0.6) is 0 Å². The molecular formula is C15H21N3OS. The molecule has 1 unspecified atom stereocenters. The number of amides is 1. The average Bonchev–Trinajstić information content (AvgIpc) is 2.93. The van der Waals surface area contributed by atoms with Gasteiger partial charge in [0.05, 0.1) is 0 Å². The highest BCUT2D eigenvalue weighted by atomic mass is 32.1. The van der Waals surface area contributed by atoms with Gasteiger partial charge >= 0.3 is 0 Å². The first-order valence-electron chi connectivity index (χ1n) is 6.95. The third kappa shape index (κ3) is 3.10. The second-order valence-corrected chi connectivity index (χ2v) is 5.70. The second kappa shape index (κ2) is 6.22. The van der Waals surface area contributed by atoms with E-state index >= 15 is 0 Å². The number of benzene rings is 1. The summed E-state index contributed by atoms with van der Waals surface area (Å²) in [6.45, 7) is 5.59. The normalized spacial score (nSPS) is 16.0. The molecule has 5 heteroatoms. The van der Waals surface area contributed by atoms with E-state index in [1.54, 1.807) is 0 Å². The summed E-state index contributed by atoms with van der Waals surface area (Å²) in [6.07, 6.45) is 2.20. The summed E-state index contributed by atoms with van der Waals surface area (Å²) in [5.74, 6) is 0.139. The van der Waals surface area contributed by atoms with E-state index in [0.717, 1.165) is 42.7 Å². The van der Waals surface area contributed by atoms with Crippen LogP contribution < -0.4 is 11.1 Å². The van der Waals surface area contributed by atoms with Crippen molar-refractivity contribution in [2.75, 3.05) is 18.4 Å². The molecule has 1 aromatic rings. The molecule has 1 fully saturated rings. The Morgan fingerprint density at radius 3 is 2.65 bits per heavy atom. The van der Waals surface area contributed by atoms with Crippen LogP contribution in [0.4, 0.5) is 5.69 Å². The number of thiocarbonyl (C=S) groups is 1. The van der Waals surface area contributed by atoms with Crippen molar-refractivity contribution in [2.24, 2.45) is 5.73 Å². The summed E-state index contributed by atoms with van der Waals surface area (Å²) < 4.78 is 0. The first-order chi connectivity index (χ1) is 9.50. The maximum atomic E-state index is 12.3. The lowest BCUT2D eigenvalue weighted by atomic mass is 10.1. The number of anilines is 1. The molecule has 0 radical (unpaired) electrons. The lowest BCUT2D eigenvalue weighted by Crippen LogP contribution is -2.40. The number of nitrogens with two attached hydrogens (primary N) is 1. The van der Waals surface area contributed by atoms with Crippen LogP contribution in [0, 0.1) is 6.92 Å². The zero-order chi connectivity index (χ0) is 14.7. The summed E-state index contributed by atoms with van der Waals surface area (Å²) in [7, 11) is 0. The highest BCUT2D eigenvalue weighted by Crippen LogP contribution is 2.22. The van der Waals surface area contributed by atoms with E-state index < -0.39 is 0 Å². The number of carbonyl (C=O) groups excluding carboxylic acids is 1. The van der Waals surface area contributed by atoms with Crippen LogP contribution in [0.1, 0.15) is 30.9 Å². The number of para-hydroxylation sites is 1. The molecule has 1 saturated heterocycles. The first kappa shape index (κ1) is 14.8. The van der Waals surface area contributed by atoms with Gasteiger partial charge in [0.2, 0.25) is 5.91 Å². The molecule has 20 heavy (non-hydrogen) atoms. The van der Waals surface area contributed by atoms with Crippen molar-refractivity contribution >= 4 is 28.8 Å². The molecule has 1 amide bonds. The summed E-state index contributed by atoms with van der Waals surface area (Å²) in [5, 5.41) is 3.28. The number of nitrogens with zero attached hydrogens (tertiary/aromatic N) is 1. The predicted octanol–water partition coefficient (Wildman–Crippen LogP) is 2.05. The summed E-state index contributed by atoms with van der Waals surface area (Å²) in [4.78, 5) is 14.6. The van der Waals surface area contributed by atoms with E-state index in [9.17, 15) is 4.79 Å². The van der Waals surface area contributed by atoms with E-state index in [1.165, 1.54) is 0 Å². The van der Waals surface area contributed by atoms with E-state index in [4.69, 9.17) is 18.0 Å². The lowest BCUT2D eigenvalue weighted by Gasteiger charge is -2.23. The van der Waals surface area contributed by atoms with Crippen LogP contribution in [0.15, 0.2) is 18.2 Å². The lowest BCUT2D eigenvalue weighted by molar-refractivity contribution is -0.130. The Kier molecular flexibility index (Phi) is 4.60. The van der Waals surface area contributed by atoms with E-state index in [-0.39, 0.29) is 11.9 Å². The van der Waals surface area contributed by atoms with E-state index in [0.29, 0.717) is 4.99 Å². The summed E-state index contributed by atoms with van der Waals surface area (Å²) in [6, 6.07) is 5.51. The molecule has 1 aliphatic heterocycles. The van der Waals surface area contributed by atoms with Gasteiger partial charge in [-0.05, 0) is 38.3 Å². The fourth-order valence-corrected chi connectivity index (χ4v) is 2.72. The molecule has 2 rings (SSSR count). The highest BCUT2D eigenvalue weighted by molar-refractivity contribution is 7.80. The van der Waals surface area contributed by atoms with Crippen LogP contribution in [-0.2, 0) is 4.79 Å². The van der Waals surface area contributed by atoms with Gasteiger partial charge in [0.15, 0.2) is 0 Å². The Bertz CT molecular complexity index is 524. The molecule has 0 aliphatic carbocycles. The zero-order valence-electron chi connectivity index (χ0n) is 12.0. The number of aryl methyl sites for hydroxylation is 1. The third-order valence-electron chi connectivity index (χ3n) is 3.69. The number of nitrogens with one attached hydrogen (secondary N) is 1. The zero-order valence-corrected chi connectivity index (χ0v) is 12.8. The van der Waals surface area contributed by atoms with Crippen molar-refractivity contribution in [1.29, 1.82) is 0 Å². The molecule has 1 aliphatic rings. The molecule has 1 heterocycles. The maximum absolute atomic E-state index is 12.3. The molecule has 1 aromatic carbocycles. The maximum Gasteiger partial charge on any atom is 0.244 e. The number of hydrogen-bond donors (Lipinski definition) is 2. The SMILES string of the molecule is Cc1cccc(C(N)=S)c1NC(C)C(=O)N1CCCC1. The van der Waals surface area contributed by atoms with Crippen molar-refractivity contribution in [2.45, 2.75) is 32.7 Å². The van der Waals surface area contributed by atoms with Crippen LogP contribution in [0.2, 0.25) is 0 Å². The van der Waals surface area contributed by atoms with Crippen molar-refractivity contribution < 1.29 is 4.79 Å². The van der Waals surface area contributed by atoms with Gasteiger partial charge in [0, 0.05) is 24.3 Å². The van der Waals surface area contributed by atoms with Crippen molar-refractivity contribution in [3.8, 4) is 0 Å². The predicted molar refractivity (Wildman–Crippen MR) is 86.0 cm³/mol. The van der Waals surface area contributed by atoms with Gasteiger partial charge in [-0.3, -0.25) is 4.79 Å². The Hall–Kier alpha value is -1.62. The Morgan fingerprint density at radius 2 is 2.05 bits per heavy atom. The van der Waals surface area contributed by atoms with Gasteiger partial charge in [0.1, 0.15) is 11.0 Å². The third-order valence-corrected chi connectivity index (χ3v) is 3.91. The quantitative estimate of drug-likeness (QED) is 0.834. The van der Waals surface area contributed by atoms with Crippen LogP contribution in [-0.4, -0.2) is 34.9 Å². The molecule has 4 nitrogen and oxygen atoms in total. The van der Waals surface area contributed by atoms with Crippen LogP contribution in [0.25, 0.3) is 0 Å². The van der Waals surface area contributed by atoms with Gasteiger partial charge < -0.3 is 16.0 Å². The standard InChI is InChI=1S/C15H21N3OS/c1-10-6-5-7-12(14(16)20)13(10)17-11(2)15(19)18-8-3-4-9-18/h5-7,11,17H,3-4,8-9H2,1-2H3,(H2,16,20). The minimum atomic E-state index is -0.276. The monoisotopic (exact) mass is 291 g/mol. The van der Waals surface area contributed by atoms with Gasteiger partial charge in [0.25, 0.3) is 0 Å². The van der Waals surface area contributed by atoms with Crippen LogP contribution >= 0.6 is 12.2 Å². The molecule has 108 valence electrons. The Morgan fingerprint density at radius 1 is 1.40 bits per heavy atom. The first-order valence-corrected chi connectivity index (χ1v) is 7.36. The second-order valence-electron chi connectivity index (χ2n) is 5.26. The minimum Gasteiger partial charge on any atom is -0.389 e. The number of hydrogen-bond acceptors (Lipinski definition) is 3. The van der Waals surface area contributed by atoms with Gasteiger partial charge in [-0.1, -0.05) is 24.4 Å². The fraction of sp³-hybridized carbons (Fsp3) is 0.467. The molecular weight excluding hydrogens is 270 g/mol. The topological polar surface area (TPSA) is 58.4 Å². The average molecular weight is 291 g/mol. The minimum absolute atomic E-state index is 0.139. The van der Waals surface area contributed by atoms with Gasteiger partial charge in [-0.2, -0.15) is 0 Å². The summed E-state index contributed by atoms with van der Waals surface area (Å²) >= 11 is 5.08. The highest BCUT2D eigenvalue weighted by Gasteiger charge is 2.24. The van der Waals surface area contributed by atoms with Crippen molar-refractivity contribution in [3.63, 3.8) is 0 Å². The molecule has 0 saturated carbocycles. The van der Waals surface area contributed by atoms with Crippen LogP contribution in [0.3, 0.4) is 0 Å². The largest absolute Gasteiger partial charge is 0.389 e. The fourth-order valence-electron chi connectivity index (χ4n) is 2.55. The van der Waals surface area contributed by atoms with Crippen molar-refractivity contribution in [1.82, 2.24) is 4.90 Å². The van der Waals surface area contributed by atoms with Gasteiger partial charge in [-0.25, -0.2) is 0 Å². The molecule has 0 aromatic heterocycles. The van der Waals surface area contributed by atoms with Crippen molar-refractivity contribution in [3.05, 3.63) is 29.3 Å². The number of carbonyl (C=O) groups is 1. The molecule has 1 atom stereocenters. The van der Waals surface area contributed by atoms with E-state index in [2.05, 4.69) is 5.32 Å². The Labute approximate surface area is 125 Å².